The molecule has 20 heavy (non-hydrogen) atoms. The van der Waals surface area contributed by atoms with Gasteiger partial charge in [0.2, 0.25) is 0 Å². The van der Waals surface area contributed by atoms with Gasteiger partial charge in [-0.1, -0.05) is 42.0 Å². The molecule has 0 aliphatic heterocycles. The SMILES string of the molecule is Cc1ccc(-c2ccc3c(c2)C(NC(=O)O)CC3)cc1. The summed E-state index contributed by atoms with van der Waals surface area (Å²) in [7, 11) is 0. The quantitative estimate of drug-likeness (QED) is 0.866. The number of carboxylic acid groups (broad SMARTS) is 1. The lowest BCUT2D eigenvalue weighted by Crippen LogP contribution is -2.24. The summed E-state index contributed by atoms with van der Waals surface area (Å²) in [4.78, 5) is 10.8. The first-order valence-corrected chi connectivity index (χ1v) is 6.83. The predicted octanol–water partition coefficient (Wildman–Crippen LogP) is 3.92. The highest BCUT2D eigenvalue weighted by Gasteiger charge is 2.24. The van der Waals surface area contributed by atoms with Gasteiger partial charge in [0.1, 0.15) is 0 Å². The van der Waals surface area contributed by atoms with Crippen LogP contribution in [0, 0.1) is 6.92 Å². The van der Waals surface area contributed by atoms with Crippen molar-refractivity contribution in [1.29, 1.82) is 0 Å². The van der Waals surface area contributed by atoms with Crippen LogP contribution >= 0.6 is 0 Å². The van der Waals surface area contributed by atoms with Crippen molar-refractivity contribution in [2.24, 2.45) is 0 Å². The van der Waals surface area contributed by atoms with E-state index in [1.165, 1.54) is 16.7 Å². The van der Waals surface area contributed by atoms with Crippen LogP contribution in [0.25, 0.3) is 11.1 Å². The molecule has 1 amide bonds. The highest BCUT2D eigenvalue weighted by molar-refractivity contribution is 5.68. The molecule has 0 radical (unpaired) electrons. The van der Waals surface area contributed by atoms with Crippen LogP contribution in [0.4, 0.5) is 4.79 Å². The largest absolute Gasteiger partial charge is 0.465 e. The van der Waals surface area contributed by atoms with E-state index in [1.54, 1.807) is 0 Å². The smallest absolute Gasteiger partial charge is 0.405 e. The fraction of sp³-hybridized carbons (Fsp3) is 0.235. The average molecular weight is 267 g/mol. The van der Waals surface area contributed by atoms with Crippen LogP contribution in [-0.4, -0.2) is 11.2 Å². The summed E-state index contributed by atoms with van der Waals surface area (Å²) in [5.74, 6) is 0. The second kappa shape index (κ2) is 5.00. The Kier molecular flexibility index (Phi) is 3.18. The van der Waals surface area contributed by atoms with Gasteiger partial charge in [0, 0.05) is 0 Å². The molecule has 0 saturated heterocycles. The van der Waals surface area contributed by atoms with Crippen molar-refractivity contribution in [2.75, 3.05) is 0 Å². The van der Waals surface area contributed by atoms with Crippen LogP contribution in [0.1, 0.15) is 29.2 Å². The van der Waals surface area contributed by atoms with E-state index in [9.17, 15) is 4.79 Å². The Hall–Kier alpha value is -2.29. The number of hydrogen-bond donors (Lipinski definition) is 2. The number of benzene rings is 2. The molecule has 2 aromatic carbocycles. The molecule has 0 saturated carbocycles. The Morgan fingerprint density at radius 1 is 1.15 bits per heavy atom. The van der Waals surface area contributed by atoms with Gasteiger partial charge in [-0.05, 0) is 48.1 Å². The van der Waals surface area contributed by atoms with Crippen LogP contribution in [-0.2, 0) is 6.42 Å². The van der Waals surface area contributed by atoms with E-state index in [2.05, 4.69) is 54.7 Å². The maximum atomic E-state index is 10.8. The summed E-state index contributed by atoms with van der Waals surface area (Å²) in [6, 6.07) is 14.7. The van der Waals surface area contributed by atoms with Gasteiger partial charge in [-0.2, -0.15) is 0 Å². The summed E-state index contributed by atoms with van der Waals surface area (Å²) in [5.41, 5.74) is 5.91. The molecule has 3 heteroatoms. The molecule has 0 bridgehead atoms. The topological polar surface area (TPSA) is 49.3 Å². The molecule has 1 unspecified atom stereocenters. The molecule has 2 aromatic rings. The summed E-state index contributed by atoms with van der Waals surface area (Å²) < 4.78 is 0. The van der Waals surface area contributed by atoms with Crippen molar-refractivity contribution >= 4 is 6.09 Å². The summed E-state index contributed by atoms with van der Waals surface area (Å²) in [6.07, 6.45) is 0.830. The molecular weight excluding hydrogens is 250 g/mol. The first-order valence-electron chi connectivity index (χ1n) is 6.83. The summed E-state index contributed by atoms with van der Waals surface area (Å²) >= 11 is 0. The van der Waals surface area contributed by atoms with Crippen LogP contribution < -0.4 is 5.32 Å². The molecule has 3 rings (SSSR count). The molecule has 1 aliphatic carbocycles. The third-order valence-corrected chi connectivity index (χ3v) is 3.91. The van der Waals surface area contributed by atoms with Crippen LogP contribution in [0.15, 0.2) is 42.5 Å². The second-order valence-electron chi connectivity index (χ2n) is 5.32. The Labute approximate surface area is 118 Å². The predicted molar refractivity (Wildman–Crippen MR) is 78.8 cm³/mol. The van der Waals surface area contributed by atoms with Crippen molar-refractivity contribution in [3.05, 3.63) is 59.2 Å². The maximum Gasteiger partial charge on any atom is 0.405 e. The molecule has 0 heterocycles. The number of aryl methyl sites for hydroxylation is 2. The van der Waals surface area contributed by atoms with Crippen molar-refractivity contribution in [1.82, 2.24) is 5.32 Å². The second-order valence-corrected chi connectivity index (χ2v) is 5.32. The van der Waals surface area contributed by atoms with Gasteiger partial charge < -0.3 is 10.4 Å². The molecule has 3 nitrogen and oxygen atoms in total. The molecule has 0 aromatic heterocycles. The monoisotopic (exact) mass is 267 g/mol. The number of carbonyl (C=O) groups is 1. The normalized spacial score (nSPS) is 16.8. The molecule has 1 aliphatic rings. The third-order valence-electron chi connectivity index (χ3n) is 3.91. The van der Waals surface area contributed by atoms with Crippen molar-refractivity contribution in [3.63, 3.8) is 0 Å². The van der Waals surface area contributed by atoms with E-state index in [-0.39, 0.29) is 6.04 Å². The van der Waals surface area contributed by atoms with Crippen LogP contribution in [0.3, 0.4) is 0 Å². The first-order chi connectivity index (χ1) is 9.63. The molecule has 1 atom stereocenters. The fourth-order valence-corrected chi connectivity index (χ4v) is 2.83. The average Bonchev–Trinajstić information content (AvgIpc) is 2.81. The van der Waals surface area contributed by atoms with Crippen molar-refractivity contribution in [2.45, 2.75) is 25.8 Å². The van der Waals surface area contributed by atoms with Gasteiger partial charge in [0.15, 0.2) is 0 Å². The Balaban J connectivity index is 1.96. The van der Waals surface area contributed by atoms with E-state index in [1.807, 2.05) is 0 Å². The maximum absolute atomic E-state index is 10.8. The zero-order valence-corrected chi connectivity index (χ0v) is 11.4. The lowest BCUT2D eigenvalue weighted by molar-refractivity contribution is 0.190. The highest BCUT2D eigenvalue weighted by atomic mass is 16.4. The number of fused-ring (bicyclic) bond motifs is 1. The molecule has 102 valence electrons. The minimum atomic E-state index is -0.955. The zero-order valence-electron chi connectivity index (χ0n) is 11.4. The van der Waals surface area contributed by atoms with Gasteiger partial charge in [-0.3, -0.25) is 0 Å². The summed E-state index contributed by atoms with van der Waals surface area (Å²) in [5, 5.41) is 11.5. The van der Waals surface area contributed by atoms with Gasteiger partial charge in [-0.15, -0.1) is 0 Å². The molecule has 0 spiro atoms. The van der Waals surface area contributed by atoms with Gasteiger partial charge >= 0.3 is 6.09 Å². The van der Waals surface area contributed by atoms with Crippen LogP contribution in [0.5, 0.6) is 0 Å². The number of hydrogen-bond acceptors (Lipinski definition) is 1. The van der Waals surface area contributed by atoms with Crippen molar-refractivity contribution in [3.8, 4) is 11.1 Å². The molecule has 0 fully saturated rings. The van der Waals surface area contributed by atoms with E-state index in [0.717, 1.165) is 24.0 Å². The van der Waals surface area contributed by atoms with E-state index >= 15 is 0 Å². The number of amides is 1. The highest BCUT2D eigenvalue weighted by Crippen LogP contribution is 2.34. The van der Waals surface area contributed by atoms with Gasteiger partial charge in [-0.25, -0.2) is 4.79 Å². The van der Waals surface area contributed by atoms with Gasteiger partial charge in [0.25, 0.3) is 0 Å². The Bertz CT molecular complexity index is 647. The number of nitrogens with one attached hydrogen (secondary N) is 1. The first kappa shape index (κ1) is 12.7. The van der Waals surface area contributed by atoms with E-state index in [0.29, 0.717) is 0 Å². The third kappa shape index (κ3) is 2.39. The lowest BCUT2D eigenvalue weighted by atomic mass is 9.99. The zero-order chi connectivity index (χ0) is 14.1. The van der Waals surface area contributed by atoms with E-state index < -0.39 is 6.09 Å². The fourth-order valence-electron chi connectivity index (χ4n) is 2.83. The van der Waals surface area contributed by atoms with Crippen molar-refractivity contribution < 1.29 is 9.90 Å². The van der Waals surface area contributed by atoms with Crippen LogP contribution in [0.2, 0.25) is 0 Å². The van der Waals surface area contributed by atoms with Gasteiger partial charge in [0.05, 0.1) is 6.04 Å². The molecular formula is C17H17NO2. The molecule has 2 N–H and O–H groups in total. The van der Waals surface area contributed by atoms with E-state index in [4.69, 9.17) is 5.11 Å². The standard InChI is InChI=1S/C17H17NO2/c1-11-2-4-12(5-3-11)14-7-6-13-8-9-16(15(13)10-14)18-17(19)20/h2-7,10,16,18H,8-9H2,1H3,(H,19,20). The number of rotatable bonds is 2. The Morgan fingerprint density at radius 3 is 2.55 bits per heavy atom. The lowest BCUT2D eigenvalue weighted by Gasteiger charge is -2.13. The summed E-state index contributed by atoms with van der Waals surface area (Å²) in [6.45, 7) is 2.07. The Morgan fingerprint density at radius 2 is 1.85 bits per heavy atom. The minimum absolute atomic E-state index is 0.0760. The minimum Gasteiger partial charge on any atom is -0.465 e.